The maximum Gasteiger partial charge on any atom is 0.162 e. The van der Waals surface area contributed by atoms with Crippen LogP contribution in [-0.4, -0.2) is 37.1 Å². The lowest BCUT2D eigenvalue weighted by atomic mass is 9.79. The third kappa shape index (κ3) is 3.10. The van der Waals surface area contributed by atoms with Gasteiger partial charge in [-0.15, -0.1) is 0 Å². The van der Waals surface area contributed by atoms with Crippen LogP contribution in [0.5, 0.6) is 11.5 Å². The van der Waals surface area contributed by atoms with Crippen LogP contribution in [0.15, 0.2) is 65.3 Å². The first-order valence-electron chi connectivity index (χ1n) is 9.55. The topological polar surface area (TPSA) is 87.7 Å². The van der Waals surface area contributed by atoms with Crippen molar-refractivity contribution in [2.24, 2.45) is 4.99 Å². The Morgan fingerprint density at radius 3 is 2.50 bits per heavy atom. The molecule has 0 fully saturated rings. The van der Waals surface area contributed by atoms with Crippen LogP contribution in [-0.2, 0) is 5.54 Å². The van der Waals surface area contributed by atoms with Gasteiger partial charge in [0.05, 0.1) is 25.3 Å². The van der Waals surface area contributed by atoms with Gasteiger partial charge in [-0.25, -0.2) is 0 Å². The van der Waals surface area contributed by atoms with E-state index < -0.39 is 5.54 Å². The second-order valence-electron chi connectivity index (χ2n) is 6.97. The second-order valence-corrected chi connectivity index (χ2v) is 6.97. The maximum absolute atomic E-state index is 9.94. The summed E-state index contributed by atoms with van der Waals surface area (Å²) < 4.78 is 10.9. The predicted octanol–water partition coefficient (Wildman–Crippen LogP) is 3.76. The Hall–Kier alpha value is -3.69. The molecular weight excluding hydrogens is 378 g/mol. The van der Waals surface area contributed by atoms with Crippen LogP contribution < -0.4 is 9.47 Å². The number of aromatic nitrogens is 1. The molecule has 1 aliphatic heterocycles. The van der Waals surface area contributed by atoms with Crippen LogP contribution in [0.2, 0.25) is 0 Å². The summed E-state index contributed by atoms with van der Waals surface area (Å²) in [5.41, 5.74) is 2.76. The monoisotopic (exact) mass is 399 g/mol. The Balaban J connectivity index is 2.11. The fraction of sp³-hybridized carbons (Fsp3) is 0.208. The molecule has 0 bridgehead atoms. The number of rotatable bonds is 6. The Kier molecular flexibility index (Phi) is 5.21. The molecule has 1 aliphatic rings. The number of methoxy groups -OCH3 is 2. The van der Waals surface area contributed by atoms with E-state index in [1.807, 2.05) is 42.5 Å². The predicted molar refractivity (Wildman–Crippen MR) is 115 cm³/mol. The zero-order valence-electron chi connectivity index (χ0n) is 16.8. The molecule has 1 N–H and O–H groups in total. The van der Waals surface area contributed by atoms with Crippen molar-refractivity contribution in [3.05, 3.63) is 77.0 Å². The fourth-order valence-corrected chi connectivity index (χ4v) is 3.94. The minimum atomic E-state index is -0.905. The number of hydrogen-bond donors (Lipinski definition) is 1. The van der Waals surface area contributed by atoms with E-state index in [2.05, 4.69) is 11.1 Å². The minimum absolute atomic E-state index is 0.0238. The van der Waals surface area contributed by atoms with Gasteiger partial charge in [-0.1, -0.05) is 30.3 Å². The highest BCUT2D eigenvalue weighted by atomic mass is 16.5. The molecule has 6 heteroatoms. The highest BCUT2D eigenvalue weighted by Gasteiger charge is 2.38. The van der Waals surface area contributed by atoms with Crippen molar-refractivity contribution in [1.29, 1.82) is 5.26 Å². The number of ether oxygens (including phenoxy) is 2. The lowest BCUT2D eigenvalue weighted by molar-refractivity contribution is 0.301. The average molecular weight is 399 g/mol. The van der Waals surface area contributed by atoms with Gasteiger partial charge in [-0.2, -0.15) is 5.26 Å². The molecule has 30 heavy (non-hydrogen) atoms. The maximum atomic E-state index is 9.94. The highest BCUT2D eigenvalue weighted by molar-refractivity contribution is 5.92. The number of aliphatic hydroxyl groups is 1. The minimum Gasteiger partial charge on any atom is -0.493 e. The zero-order chi connectivity index (χ0) is 21.1. The van der Waals surface area contributed by atoms with Gasteiger partial charge in [-0.3, -0.25) is 9.98 Å². The molecule has 0 saturated carbocycles. The number of nitrogens with zero attached hydrogens (tertiary/aromatic N) is 3. The molecule has 2 aromatic carbocycles. The van der Waals surface area contributed by atoms with Gasteiger partial charge < -0.3 is 14.6 Å². The number of fused-ring (bicyclic) bond motifs is 1. The lowest BCUT2D eigenvalue weighted by Gasteiger charge is -2.28. The van der Waals surface area contributed by atoms with Crippen LogP contribution >= 0.6 is 0 Å². The van der Waals surface area contributed by atoms with Crippen LogP contribution in [0.25, 0.3) is 10.9 Å². The smallest absolute Gasteiger partial charge is 0.162 e. The summed E-state index contributed by atoms with van der Waals surface area (Å²) >= 11 is 0. The Morgan fingerprint density at radius 2 is 1.83 bits per heavy atom. The molecule has 2 heterocycles. The number of pyridine rings is 1. The lowest BCUT2D eigenvalue weighted by Crippen LogP contribution is -2.23. The van der Waals surface area contributed by atoms with Crippen molar-refractivity contribution in [1.82, 2.24) is 4.98 Å². The van der Waals surface area contributed by atoms with Crippen molar-refractivity contribution in [2.75, 3.05) is 20.8 Å². The van der Waals surface area contributed by atoms with Gasteiger partial charge in [0.2, 0.25) is 0 Å². The largest absolute Gasteiger partial charge is 0.493 e. The van der Waals surface area contributed by atoms with E-state index in [4.69, 9.17) is 14.5 Å². The van der Waals surface area contributed by atoms with E-state index in [9.17, 15) is 10.4 Å². The third-order valence-electron chi connectivity index (χ3n) is 5.32. The van der Waals surface area contributed by atoms with Crippen LogP contribution in [0.4, 0.5) is 0 Å². The first-order chi connectivity index (χ1) is 14.7. The number of aliphatic hydroxyl groups excluding tert-OH is 1. The number of aliphatic imine (C=N–C) groups is 1. The second kappa shape index (κ2) is 7.97. The highest BCUT2D eigenvalue weighted by Crippen LogP contribution is 2.45. The third-order valence-corrected chi connectivity index (χ3v) is 5.32. The van der Waals surface area contributed by atoms with E-state index in [0.29, 0.717) is 29.0 Å². The molecule has 4 rings (SSSR count). The number of hydrogen-bond acceptors (Lipinski definition) is 6. The molecular formula is C24H21N3O3. The SMILES string of the molecule is COc1cc2ncc(C#N)c(C3(c4ccccc4)C=C(CCO)C=N3)c2cc1OC. The average Bonchev–Trinajstić information content (AvgIpc) is 3.22. The first kappa shape index (κ1) is 19.6. The van der Waals surface area contributed by atoms with E-state index in [0.717, 1.165) is 22.1 Å². The van der Waals surface area contributed by atoms with E-state index in [1.165, 1.54) is 0 Å². The first-order valence-corrected chi connectivity index (χ1v) is 9.55. The normalized spacial score (nSPS) is 17.6. The van der Waals surface area contributed by atoms with Crippen molar-refractivity contribution < 1.29 is 14.6 Å². The summed E-state index contributed by atoms with van der Waals surface area (Å²) in [7, 11) is 3.15. The molecule has 6 nitrogen and oxygen atoms in total. The summed E-state index contributed by atoms with van der Waals surface area (Å²) in [6.07, 6.45) is 5.85. The summed E-state index contributed by atoms with van der Waals surface area (Å²) in [6, 6.07) is 15.7. The Bertz CT molecular complexity index is 1200. The molecule has 3 aromatic rings. The van der Waals surface area contributed by atoms with Crippen LogP contribution in [0.1, 0.15) is 23.1 Å². The van der Waals surface area contributed by atoms with Crippen molar-refractivity contribution in [2.45, 2.75) is 12.0 Å². The molecule has 1 aromatic heterocycles. The zero-order valence-corrected chi connectivity index (χ0v) is 16.8. The van der Waals surface area contributed by atoms with E-state index in [1.54, 1.807) is 32.7 Å². The molecule has 0 spiro atoms. The molecule has 1 unspecified atom stereocenters. The van der Waals surface area contributed by atoms with Gasteiger partial charge in [0.25, 0.3) is 0 Å². The number of nitriles is 1. The van der Waals surface area contributed by atoms with Gasteiger partial charge in [0.1, 0.15) is 11.6 Å². The molecule has 0 aliphatic carbocycles. The fourth-order valence-electron chi connectivity index (χ4n) is 3.94. The van der Waals surface area contributed by atoms with Gasteiger partial charge >= 0.3 is 0 Å². The quantitative estimate of drug-likeness (QED) is 0.682. The summed E-state index contributed by atoms with van der Waals surface area (Å²) in [5.74, 6) is 1.11. The van der Waals surface area contributed by atoms with Gasteiger partial charge in [0, 0.05) is 36.0 Å². The molecule has 1 atom stereocenters. The van der Waals surface area contributed by atoms with Crippen LogP contribution in [0, 0.1) is 11.3 Å². The Morgan fingerprint density at radius 1 is 1.10 bits per heavy atom. The van der Waals surface area contributed by atoms with Crippen LogP contribution in [0.3, 0.4) is 0 Å². The van der Waals surface area contributed by atoms with Gasteiger partial charge in [-0.05, 0) is 29.7 Å². The Labute approximate surface area is 174 Å². The van der Waals surface area contributed by atoms with Crippen molar-refractivity contribution in [3.8, 4) is 17.6 Å². The standard InChI is InChI=1S/C24H21N3O3/c1-29-21-10-19-20(11-22(21)30-2)26-15-17(13-25)23(19)24(18-6-4-3-5-7-18)12-16(8-9-28)14-27-24/h3-7,10-12,14-15,28H,8-9H2,1-2H3. The summed E-state index contributed by atoms with van der Waals surface area (Å²) in [4.78, 5) is 9.36. The molecule has 0 radical (unpaired) electrons. The molecule has 150 valence electrons. The van der Waals surface area contributed by atoms with E-state index in [-0.39, 0.29) is 6.61 Å². The summed E-state index contributed by atoms with van der Waals surface area (Å²) in [5, 5.41) is 20.1. The van der Waals surface area contributed by atoms with Crippen molar-refractivity contribution >= 4 is 17.1 Å². The van der Waals surface area contributed by atoms with Crippen molar-refractivity contribution in [3.63, 3.8) is 0 Å². The van der Waals surface area contributed by atoms with Gasteiger partial charge in [0.15, 0.2) is 11.5 Å². The molecule has 0 amide bonds. The molecule has 0 saturated heterocycles. The number of benzene rings is 2. The summed E-state index contributed by atoms with van der Waals surface area (Å²) in [6.45, 7) is 0.0238. The van der Waals surface area contributed by atoms with E-state index >= 15 is 0 Å².